The van der Waals surface area contributed by atoms with Gasteiger partial charge in [0.2, 0.25) is 0 Å². The van der Waals surface area contributed by atoms with Crippen molar-refractivity contribution in [2.45, 2.75) is 38.8 Å². The molecule has 6 heteroatoms. The molecule has 2 rings (SSSR count). The van der Waals surface area contributed by atoms with Gasteiger partial charge in [-0.25, -0.2) is 9.78 Å². The largest absolute Gasteiger partial charge is 0.477 e. The molecule has 1 heterocycles. The van der Waals surface area contributed by atoms with Crippen molar-refractivity contribution in [2.75, 3.05) is 14.2 Å². The molecule has 6 nitrogen and oxygen atoms in total. The van der Waals surface area contributed by atoms with Crippen LogP contribution >= 0.6 is 0 Å². The van der Waals surface area contributed by atoms with Crippen molar-refractivity contribution in [2.24, 2.45) is 5.41 Å². The summed E-state index contributed by atoms with van der Waals surface area (Å²) in [6.07, 6.45) is 2.07. The van der Waals surface area contributed by atoms with E-state index in [9.17, 15) is 9.59 Å². The van der Waals surface area contributed by atoms with Gasteiger partial charge in [0.15, 0.2) is 0 Å². The van der Waals surface area contributed by atoms with E-state index in [2.05, 4.69) is 18.8 Å². The number of carbonyl (C=O) groups is 2. The number of pyridine rings is 1. The quantitative estimate of drug-likeness (QED) is 0.921. The van der Waals surface area contributed by atoms with E-state index < -0.39 is 5.97 Å². The van der Waals surface area contributed by atoms with Gasteiger partial charge in [-0.3, -0.25) is 4.79 Å². The number of carboxylic acids is 1. The van der Waals surface area contributed by atoms with Crippen molar-refractivity contribution in [1.29, 1.82) is 0 Å². The monoisotopic (exact) mass is 306 g/mol. The first-order chi connectivity index (χ1) is 10.1. The van der Waals surface area contributed by atoms with Gasteiger partial charge in [0.25, 0.3) is 5.91 Å². The van der Waals surface area contributed by atoms with E-state index in [1.165, 1.54) is 18.3 Å². The fourth-order valence-corrected chi connectivity index (χ4v) is 3.07. The Morgan fingerprint density at radius 1 is 1.36 bits per heavy atom. The summed E-state index contributed by atoms with van der Waals surface area (Å²) in [4.78, 5) is 28.8. The number of hydrogen-bond acceptors (Lipinski definition) is 4. The molecule has 0 aromatic carbocycles. The molecule has 1 N–H and O–H groups in total. The molecule has 1 aliphatic carbocycles. The summed E-state index contributed by atoms with van der Waals surface area (Å²) in [5, 5.41) is 8.84. The summed E-state index contributed by atoms with van der Waals surface area (Å²) in [6, 6.07) is 2.90. The van der Waals surface area contributed by atoms with Crippen molar-refractivity contribution in [3.63, 3.8) is 0 Å². The lowest BCUT2D eigenvalue weighted by Gasteiger charge is -2.61. The zero-order valence-corrected chi connectivity index (χ0v) is 13.6. The highest BCUT2D eigenvalue weighted by molar-refractivity contribution is 5.95. The van der Waals surface area contributed by atoms with Gasteiger partial charge in [-0.1, -0.05) is 13.8 Å². The zero-order chi connectivity index (χ0) is 16.7. The molecule has 0 bridgehead atoms. The van der Waals surface area contributed by atoms with Gasteiger partial charge in [-0.05, 0) is 25.5 Å². The third kappa shape index (κ3) is 2.37. The Hall–Kier alpha value is -1.95. The van der Waals surface area contributed by atoms with Gasteiger partial charge in [0, 0.05) is 31.8 Å². The highest BCUT2D eigenvalue weighted by Crippen LogP contribution is 2.53. The zero-order valence-electron chi connectivity index (χ0n) is 13.6. The van der Waals surface area contributed by atoms with Crippen LogP contribution in [0.2, 0.25) is 0 Å². The Labute approximate surface area is 130 Å². The number of aromatic nitrogens is 1. The molecule has 1 fully saturated rings. The molecule has 0 spiro atoms. The smallest absolute Gasteiger partial charge is 0.354 e. The minimum Gasteiger partial charge on any atom is -0.477 e. The molecule has 1 aliphatic rings. The lowest BCUT2D eigenvalue weighted by atomic mass is 9.55. The first-order valence-electron chi connectivity index (χ1n) is 7.15. The van der Waals surface area contributed by atoms with E-state index in [-0.39, 0.29) is 28.7 Å². The van der Waals surface area contributed by atoms with Gasteiger partial charge in [-0.15, -0.1) is 0 Å². The van der Waals surface area contributed by atoms with Crippen LogP contribution in [-0.2, 0) is 4.74 Å². The molecule has 120 valence electrons. The third-order valence-corrected chi connectivity index (χ3v) is 5.25. The van der Waals surface area contributed by atoms with E-state index in [0.29, 0.717) is 5.56 Å². The average molecular weight is 306 g/mol. The van der Waals surface area contributed by atoms with Crippen molar-refractivity contribution >= 4 is 11.9 Å². The highest BCUT2D eigenvalue weighted by atomic mass is 16.5. The predicted molar refractivity (Wildman–Crippen MR) is 80.9 cm³/mol. The first kappa shape index (κ1) is 16.4. The maximum absolute atomic E-state index is 12.5. The molecule has 22 heavy (non-hydrogen) atoms. The summed E-state index contributed by atoms with van der Waals surface area (Å²) in [7, 11) is 3.45. The second-order valence-electron chi connectivity index (χ2n) is 6.53. The molecule has 2 atom stereocenters. The number of nitrogens with zero attached hydrogens (tertiary/aromatic N) is 2. The Bertz CT molecular complexity index is 597. The summed E-state index contributed by atoms with van der Waals surface area (Å²) in [6.45, 7) is 6.21. The van der Waals surface area contributed by atoms with Crippen LogP contribution in [0.3, 0.4) is 0 Å². The predicted octanol–water partition coefficient (Wildman–Crippen LogP) is 2.06. The van der Waals surface area contributed by atoms with Gasteiger partial charge in [0.05, 0.1) is 11.2 Å². The molecule has 1 saturated carbocycles. The fraction of sp³-hybridized carbons (Fsp3) is 0.562. The lowest BCUT2D eigenvalue weighted by Crippen LogP contribution is -2.68. The molecular weight excluding hydrogens is 284 g/mol. The molecule has 1 amide bonds. The van der Waals surface area contributed by atoms with Crippen molar-refractivity contribution in [1.82, 2.24) is 9.88 Å². The van der Waals surface area contributed by atoms with Crippen LogP contribution in [0, 0.1) is 5.41 Å². The maximum Gasteiger partial charge on any atom is 0.354 e. The fourth-order valence-electron chi connectivity index (χ4n) is 3.07. The van der Waals surface area contributed by atoms with Crippen LogP contribution in [-0.4, -0.2) is 52.7 Å². The number of carbonyl (C=O) groups excluding carboxylic acids is 1. The van der Waals surface area contributed by atoms with E-state index in [1.54, 1.807) is 19.1 Å². The Kier molecular flexibility index (Phi) is 4.00. The molecule has 1 aromatic heterocycles. The SMILES string of the molecule is CO[C@@]1(C)C[C@@H](N(C)C(=O)c2ccc(C(=O)O)nc2)C1(C)C. The minimum atomic E-state index is -1.11. The Morgan fingerprint density at radius 2 is 2.00 bits per heavy atom. The summed E-state index contributed by atoms with van der Waals surface area (Å²) in [5.41, 5.74) is -0.109. The van der Waals surface area contributed by atoms with Gasteiger partial charge >= 0.3 is 5.97 Å². The van der Waals surface area contributed by atoms with Crippen LogP contribution in [0.5, 0.6) is 0 Å². The standard InChI is InChI=1S/C16H22N2O4/c1-15(2)12(8-16(15,3)22-5)18(4)13(19)10-6-7-11(14(20)21)17-9-10/h6-7,9,12H,8H2,1-5H3,(H,20,21)/t12-,16+/m1/s1. The Balaban J connectivity index is 2.15. The Morgan fingerprint density at radius 3 is 2.41 bits per heavy atom. The summed E-state index contributed by atoms with van der Waals surface area (Å²) < 4.78 is 5.58. The number of amides is 1. The molecule has 0 aliphatic heterocycles. The van der Waals surface area contributed by atoms with E-state index in [0.717, 1.165) is 6.42 Å². The van der Waals surface area contributed by atoms with Crippen LogP contribution in [0.4, 0.5) is 0 Å². The number of carboxylic acid groups (broad SMARTS) is 1. The summed E-state index contributed by atoms with van der Waals surface area (Å²) >= 11 is 0. The number of hydrogen-bond donors (Lipinski definition) is 1. The second kappa shape index (κ2) is 5.35. The van der Waals surface area contributed by atoms with Gasteiger partial charge in [-0.2, -0.15) is 0 Å². The van der Waals surface area contributed by atoms with Gasteiger partial charge in [0.1, 0.15) is 5.69 Å². The van der Waals surface area contributed by atoms with Gasteiger partial charge < -0.3 is 14.7 Å². The molecule has 0 radical (unpaired) electrons. The van der Waals surface area contributed by atoms with Crippen molar-refractivity contribution < 1.29 is 19.4 Å². The lowest BCUT2D eigenvalue weighted by molar-refractivity contribution is -0.198. The van der Waals surface area contributed by atoms with E-state index in [4.69, 9.17) is 9.84 Å². The van der Waals surface area contributed by atoms with Crippen molar-refractivity contribution in [3.05, 3.63) is 29.6 Å². The number of ether oxygens (including phenoxy) is 1. The molecule has 0 saturated heterocycles. The maximum atomic E-state index is 12.5. The average Bonchev–Trinajstić information content (AvgIpc) is 2.50. The van der Waals surface area contributed by atoms with Crippen LogP contribution in [0.25, 0.3) is 0 Å². The van der Waals surface area contributed by atoms with Crippen molar-refractivity contribution in [3.8, 4) is 0 Å². The normalized spacial score (nSPS) is 26.1. The number of rotatable bonds is 4. The number of aromatic carboxylic acids is 1. The first-order valence-corrected chi connectivity index (χ1v) is 7.15. The van der Waals surface area contributed by atoms with E-state index in [1.807, 2.05) is 6.92 Å². The highest BCUT2D eigenvalue weighted by Gasteiger charge is 2.59. The molecule has 1 aromatic rings. The second-order valence-corrected chi connectivity index (χ2v) is 6.53. The van der Waals surface area contributed by atoms with Crippen LogP contribution in [0.1, 0.15) is 48.0 Å². The molecular formula is C16H22N2O4. The summed E-state index contributed by atoms with van der Waals surface area (Å²) in [5.74, 6) is -1.27. The van der Waals surface area contributed by atoms with E-state index >= 15 is 0 Å². The number of methoxy groups -OCH3 is 1. The topological polar surface area (TPSA) is 79.7 Å². The third-order valence-electron chi connectivity index (χ3n) is 5.25. The van der Waals surface area contributed by atoms with Crippen LogP contribution < -0.4 is 0 Å². The van der Waals surface area contributed by atoms with Crippen LogP contribution in [0.15, 0.2) is 18.3 Å². The molecule has 0 unspecified atom stereocenters. The minimum absolute atomic E-state index is 0.0594.